The normalized spacial score (nSPS) is 12.0. The van der Waals surface area contributed by atoms with Crippen LogP contribution >= 0.6 is 0 Å². The Balaban J connectivity index is 2.15. The third-order valence-electron chi connectivity index (χ3n) is 3.47. The van der Waals surface area contributed by atoms with E-state index in [9.17, 15) is 9.59 Å². The minimum absolute atomic E-state index is 0.00346. The molecule has 0 aliphatic carbocycles. The fraction of sp³-hybridized carbons (Fsp3) is 0.556. The van der Waals surface area contributed by atoms with Crippen molar-refractivity contribution in [2.75, 3.05) is 6.54 Å². The molecule has 0 saturated carbocycles. The Hall–Kier alpha value is -1.84. The third kappa shape index (κ3) is 8.45. The Morgan fingerprint density at radius 1 is 1.00 bits per heavy atom. The Morgan fingerprint density at radius 2 is 1.68 bits per heavy atom. The first-order valence-corrected chi connectivity index (χ1v) is 8.07. The molecule has 0 saturated heterocycles. The zero-order valence-electron chi connectivity index (χ0n) is 13.9. The van der Waals surface area contributed by atoms with Gasteiger partial charge in [0.1, 0.15) is 0 Å². The minimum atomic E-state index is -0.0492. The summed E-state index contributed by atoms with van der Waals surface area (Å²) in [5, 5.41) is 5.75. The molecule has 0 bridgehead atoms. The summed E-state index contributed by atoms with van der Waals surface area (Å²) in [4.78, 5) is 23.5. The first-order valence-electron chi connectivity index (χ1n) is 8.07. The molecule has 2 N–H and O–H groups in total. The van der Waals surface area contributed by atoms with Gasteiger partial charge in [-0.2, -0.15) is 0 Å². The molecule has 1 aromatic carbocycles. The zero-order chi connectivity index (χ0) is 16.4. The molecule has 1 atom stereocenters. The van der Waals surface area contributed by atoms with Crippen LogP contribution < -0.4 is 10.6 Å². The smallest absolute Gasteiger partial charge is 0.224 e. The van der Waals surface area contributed by atoms with Gasteiger partial charge in [0.05, 0.1) is 6.42 Å². The van der Waals surface area contributed by atoms with E-state index in [-0.39, 0.29) is 17.9 Å². The lowest BCUT2D eigenvalue weighted by molar-refractivity contribution is -0.122. The SMILES string of the molecule is CC(C)CCC(C)NC(=O)CCNC(=O)Cc1ccccc1. The van der Waals surface area contributed by atoms with Gasteiger partial charge in [-0.3, -0.25) is 9.59 Å². The van der Waals surface area contributed by atoms with Crippen molar-refractivity contribution in [3.05, 3.63) is 35.9 Å². The summed E-state index contributed by atoms with van der Waals surface area (Å²) in [6.07, 6.45) is 2.78. The van der Waals surface area contributed by atoms with E-state index in [2.05, 4.69) is 24.5 Å². The molecule has 1 aromatic rings. The average molecular weight is 304 g/mol. The summed E-state index contributed by atoms with van der Waals surface area (Å²) in [7, 11) is 0. The van der Waals surface area contributed by atoms with Gasteiger partial charge >= 0.3 is 0 Å². The molecule has 0 fully saturated rings. The molecule has 1 unspecified atom stereocenters. The largest absolute Gasteiger partial charge is 0.355 e. The highest BCUT2D eigenvalue weighted by Crippen LogP contribution is 2.06. The molecule has 0 radical (unpaired) electrons. The van der Waals surface area contributed by atoms with Gasteiger partial charge < -0.3 is 10.6 Å². The van der Waals surface area contributed by atoms with Gasteiger partial charge in [0, 0.05) is 19.0 Å². The summed E-state index contributed by atoms with van der Waals surface area (Å²) in [6, 6.07) is 9.77. The number of benzene rings is 1. The number of rotatable bonds is 9. The van der Waals surface area contributed by atoms with Crippen LogP contribution in [0.2, 0.25) is 0 Å². The summed E-state index contributed by atoms with van der Waals surface area (Å²) >= 11 is 0. The van der Waals surface area contributed by atoms with Crippen LogP contribution in [0.1, 0.15) is 45.6 Å². The van der Waals surface area contributed by atoms with E-state index in [1.807, 2.05) is 37.3 Å². The van der Waals surface area contributed by atoms with Gasteiger partial charge in [0.15, 0.2) is 0 Å². The molecule has 0 heterocycles. The van der Waals surface area contributed by atoms with Gasteiger partial charge in [-0.15, -0.1) is 0 Å². The predicted molar refractivity (Wildman–Crippen MR) is 89.4 cm³/mol. The lowest BCUT2D eigenvalue weighted by atomic mass is 10.0. The van der Waals surface area contributed by atoms with E-state index in [0.29, 0.717) is 25.3 Å². The minimum Gasteiger partial charge on any atom is -0.355 e. The van der Waals surface area contributed by atoms with Gasteiger partial charge in [0.2, 0.25) is 11.8 Å². The summed E-state index contributed by atoms with van der Waals surface area (Å²) in [5.74, 6) is 0.597. The third-order valence-corrected chi connectivity index (χ3v) is 3.47. The highest BCUT2D eigenvalue weighted by atomic mass is 16.2. The van der Waals surface area contributed by atoms with Crippen molar-refractivity contribution >= 4 is 11.8 Å². The Bertz CT molecular complexity index is 457. The van der Waals surface area contributed by atoms with Gasteiger partial charge in [0.25, 0.3) is 0 Å². The fourth-order valence-electron chi connectivity index (χ4n) is 2.16. The van der Waals surface area contributed by atoms with Crippen LogP contribution in [0.3, 0.4) is 0 Å². The lowest BCUT2D eigenvalue weighted by Crippen LogP contribution is -2.36. The lowest BCUT2D eigenvalue weighted by Gasteiger charge is -2.15. The van der Waals surface area contributed by atoms with E-state index >= 15 is 0 Å². The molecule has 22 heavy (non-hydrogen) atoms. The van der Waals surface area contributed by atoms with Crippen LogP contribution in [0.4, 0.5) is 0 Å². The monoisotopic (exact) mass is 304 g/mol. The quantitative estimate of drug-likeness (QED) is 0.737. The predicted octanol–water partition coefficient (Wildman–Crippen LogP) is 2.68. The first-order chi connectivity index (χ1) is 10.5. The van der Waals surface area contributed by atoms with E-state index < -0.39 is 0 Å². The highest BCUT2D eigenvalue weighted by molar-refractivity contribution is 5.80. The van der Waals surface area contributed by atoms with Crippen LogP contribution in [0.25, 0.3) is 0 Å². The molecule has 4 nitrogen and oxygen atoms in total. The maximum Gasteiger partial charge on any atom is 0.224 e. The number of nitrogens with one attached hydrogen (secondary N) is 2. The Kier molecular flexibility index (Phi) is 8.26. The second-order valence-electron chi connectivity index (χ2n) is 6.20. The van der Waals surface area contributed by atoms with Crippen LogP contribution in [0.5, 0.6) is 0 Å². The molecular formula is C18H28N2O2. The molecule has 2 amide bonds. The molecule has 122 valence electrons. The molecule has 0 aliphatic heterocycles. The van der Waals surface area contributed by atoms with Crippen LogP contribution in [-0.4, -0.2) is 24.4 Å². The van der Waals surface area contributed by atoms with Crippen molar-refractivity contribution in [1.82, 2.24) is 10.6 Å². The van der Waals surface area contributed by atoms with Crippen molar-refractivity contribution in [3.8, 4) is 0 Å². The van der Waals surface area contributed by atoms with Crippen LogP contribution in [0.15, 0.2) is 30.3 Å². The van der Waals surface area contributed by atoms with Crippen molar-refractivity contribution in [2.24, 2.45) is 5.92 Å². The molecule has 1 rings (SSSR count). The van der Waals surface area contributed by atoms with E-state index in [4.69, 9.17) is 0 Å². The molecule has 4 heteroatoms. The van der Waals surface area contributed by atoms with E-state index in [0.717, 1.165) is 18.4 Å². The number of hydrogen-bond acceptors (Lipinski definition) is 2. The van der Waals surface area contributed by atoms with Crippen LogP contribution in [-0.2, 0) is 16.0 Å². The van der Waals surface area contributed by atoms with Gasteiger partial charge in [-0.1, -0.05) is 44.2 Å². The zero-order valence-corrected chi connectivity index (χ0v) is 13.9. The maximum absolute atomic E-state index is 11.8. The fourth-order valence-corrected chi connectivity index (χ4v) is 2.16. The van der Waals surface area contributed by atoms with Crippen molar-refractivity contribution in [1.29, 1.82) is 0 Å². The van der Waals surface area contributed by atoms with Gasteiger partial charge in [-0.25, -0.2) is 0 Å². The number of carbonyl (C=O) groups is 2. The maximum atomic E-state index is 11.8. The number of hydrogen-bond donors (Lipinski definition) is 2. The topological polar surface area (TPSA) is 58.2 Å². The number of carbonyl (C=O) groups excluding carboxylic acids is 2. The molecule has 0 aliphatic rings. The Morgan fingerprint density at radius 3 is 2.32 bits per heavy atom. The second-order valence-corrected chi connectivity index (χ2v) is 6.20. The average Bonchev–Trinajstić information content (AvgIpc) is 2.46. The van der Waals surface area contributed by atoms with Crippen molar-refractivity contribution in [3.63, 3.8) is 0 Å². The van der Waals surface area contributed by atoms with E-state index in [1.54, 1.807) is 0 Å². The van der Waals surface area contributed by atoms with Crippen molar-refractivity contribution < 1.29 is 9.59 Å². The first kappa shape index (κ1) is 18.2. The standard InChI is InChI=1S/C18H28N2O2/c1-14(2)9-10-15(3)20-17(21)11-12-19-18(22)13-16-7-5-4-6-8-16/h4-8,14-15H,9-13H2,1-3H3,(H,19,22)(H,20,21). The van der Waals surface area contributed by atoms with Gasteiger partial charge in [-0.05, 0) is 31.2 Å². The summed E-state index contributed by atoms with van der Waals surface area (Å²) < 4.78 is 0. The van der Waals surface area contributed by atoms with E-state index in [1.165, 1.54) is 0 Å². The molecular weight excluding hydrogens is 276 g/mol. The Labute approximate surface area is 133 Å². The summed E-state index contributed by atoms with van der Waals surface area (Å²) in [6.45, 7) is 6.76. The molecule has 0 aromatic heterocycles. The van der Waals surface area contributed by atoms with Crippen molar-refractivity contribution in [2.45, 2.75) is 52.5 Å². The highest BCUT2D eigenvalue weighted by Gasteiger charge is 2.09. The summed E-state index contributed by atoms with van der Waals surface area (Å²) in [5.41, 5.74) is 0.978. The van der Waals surface area contributed by atoms with Crippen LogP contribution in [0, 0.1) is 5.92 Å². The second kappa shape index (κ2) is 9.98. The number of amides is 2. The molecule has 0 spiro atoms.